The van der Waals surface area contributed by atoms with Gasteiger partial charge in [0.05, 0.1) is 25.1 Å². The summed E-state index contributed by atoms with van der Waals surface area (Å²) in [5.41, 5.74) is 1.44. The number of para-hydroxylation sites is 1. The van der Waals surface area contributed by atoms with Gasteiger partial charge in [0.25, 0.3) is 0 Å². The molecular formula is C23H32N2O4S. The molecule has 0 spiro atoms. The second kappa shape index (κ2) is 10.5. The third-order valence-corrected chi connectivity index (χ3v) is 6.06. The molecule has 0 aliphatic carbocycles. The third kappa shape index (κ3) is 6.23. The SMILES string of the molecule is CC[C@H](C(=O)N[C@H](CC(C)C)c1ccc(OC)cc1)N(c1ccccc1)S(C)(=O)=O. The van der Waals surface area contributed by atoms with E-state index in [1.165, 1.54) is 4.31 Å². The predicted octanol–water partition coefficient (Wildman–Crippen LogP) is 4.14. The molecule has 0 aromatic heterocycles. The molecule has 6 nitrogen and oxygen atoms in total. The maximum atomic E-state index is 13.3. The molecule has 0 unspecified atom stereocenters. The van der Waals surface area contributed by atoms with Gasteiger partial charge >= 0.3 is 0 Å². The summed E-state index contributed by atoms with van der Waals surface area (Å²) in [4.78, 5) is 13.3. The Morgan fingerprint density at radius 3 is 2.13 bits per heavy atom. The van der Waals surface area contributed by atoms with Crippen LogP contribution in [0.3, 0.4) is 0 Å². The summed E-state index contributed by atoms with van der Waals surface area (Å²) >= 11 is 0. The van der Waals surface area contributed by atoms with Crippen molar-refractivity contribution in [1.82, 2.24) is 5.32 Å². The van der Waals surface area contributed by atoms with Crippen LogP contribution in [0.5, 0.6) is 5.75 Å². The molecule has 7 heteroatoms. The van der Waals surface area contributed by atoms with Crippen LogP contribution in [0.25, 0.3) is 0 Å². The highest BCUT2D eigenvalue weighted by Gasteiger charge is 2.32. The topological polar surface area (TPSA) is 75.7 Å². The lowest BCUT2D eigenvalue weighted by atomic mass is 9.96. The number of ether oxygens (including phenoxy) is 1. The monoisotopic (exact) mass is 432 g/mol. The van der Waals surface area contributed by atoms with E-state index in [4.69, 9.17) is 4.74 Å². The number of rotatable bonds is 10. The lowest BCUT2D eigenvalue weighted by molar-refractivity contribution is -0.123. The summed E-state index contributed by atoms with van der Waals surface area (Å²) in [6, 6.07) is 15.2. The minimum Gasteiger partial charge on any atom is -0.497 e. The zero-order chi connectivity index (χ0) is 22.3. The number of methoxy groups -OCH3 is 1. The standard InChI is InChI=1S/C23H32N2O4S/c1-6-22(25(30(5,27)28)19-10-8-7-9-11-19)23(26)24-21(16-17(2)3)18-12-14-20(29-4)15-13-18/h7-15,17,21-22H,6,16H2,1-5H3,(H,24,26)/t21-,22-/m1/s1. The zero-order valence-corrected chi connectivity index (χ0v) is 19.1. The van der Waals surface area contributed by atoms with E-state index in [-0.39, 0.29) is 11.9 Å². The van der Waals surface area contributed by atoms with Crippen LogP contribution in [0.1, 0.15) is 45.2 Å². The van der Waals surface area contributed by atoms with Crippen molar-refractivity contribution in [2.24, 2.45) is 5.92 Å². The fraction of sp³-hybridized carbons (Fsp3) is 0.435. The number of carbonyl (C=O) groups is 1. The molecule has 1 amide bonds. The van der Waals surface area contributed by atoms with E-state index in [2.05, 4.69) is 19.2 Å². The summed E-state index contributed by atoms with van der Waals surface area (Å²) in [5.74, 6) is 0.776. The number of anilines is 1. The minimum atomic E-state index is -3.65. The summed E-state index contributed by atoms with van der Waals surface area (Å²) in [5, 5.41) is 3.09. The molecular weight excluding hydrogens is 400 g/mol. The number of amides is 1. The van der Waals surface area contributed by atoms with Gasteiger partial charge in [0.1, 0.15) is 11.8 Å². The number of nitrogens with one attached hydrogen (secondary N) is 1. The number of hydrogen-bond donors (Lipinski definition) is 1. The van der Waals surface area contributed by atoms with Crippen LogP contribution < -0.4 is 14.4 Å². The highest BCUT2D eigenvalue weighted by atomic mass is 32.2. The van der Waals surface area contributed by atoms with Gasteiger partial charge in [-0.15, -0.1) is 0 Å². The van der Waals surface area contributed by atoms with Crippen LogP contribution in [-0.4, -0.2) is 33.7 Å². The Morgan fingerprint density at radius 2 is 1.67 bits per heavy atom. The molecule has 30 heavy (non-hydrogen) atoms. The Hall–Kier alpha value is -2.54. The van der Waals surface area contributed by atoms with Crippen molar-refractivity contribution in [2.45, 2.75) is 45.7 Å². The van der Waals surface area contributed by atoms with Crippen LogP contribution in [0.4, 0.5) is 5.69 Å². The van der Waals surface area contributed by atoms with Crippen molar-refractivity contribution in [3.05, 3.63) is 60.2 Å². The first kappa shape index (κ1) is 23.7. The molecule has 2 aromatic carbocycles. The Kier molecular flexibility index (Phi) is 8.29. The second-order valence-electron chi connectivity index (χ2n) is 7.78. The maximum Gasteiger partial charge on any atom is 0.244 e. The average molecular weight is 433 g/mol. The third-order valence-electron chi connectivity index (χ3n) is 4.88. The lowest BCUT2D eigenvalue weighted by Crippen LogP contribution is -2.50. The van der Waals surface area contributed by atoms with E-state index in [1.54, 1.807) is 31.4 Å². The summed E-state index contributed by atoms with van der Waals surface area (Å²) < 4.78 is 31.6. The molecule has 2 rings (SSSR count). The van der Waals surface area contributed by atoms with E-state index >= 15 is 0 Å². The zero-order valence-electron chi connectivity index (χ0n) is 18.3. The Labute approximate surface area is 180 Å². The Balaban J connectivity index is 2.34. The van der Waals surface area contributed by atoms with E-state index in [1.807, 2.05) is 37.3 Å². The molecule has 1 N–H and O–H groups in total. The molecule has 2 aromatic rings. The molecule has 0 aliphatic rings. The molecule has 0 radical (unpaired) electrons. The maximum absolute atomic E-state index is 13.3. The highest BCUT2D eigenvalue weighted by molar-refractivity contribution is 7.92. The second-order valence-corrected chi connectivity index (χ2v) is 9.64. The fourth-order valence-corrected chi connectivity index (χ4v) is 4.70. The number of carbonyl (C=O) groups excluding carboxylic acids is 1. The predicted molar refractivity (Wildman–Crippen MR) is 121 cm³/mol. The lowest BCUT2D eigenvalue weighted by Gasteiger charge is -2.32. The van der Waals surface area contributed by atoms with Gasteiger partial charge in [-0.25, -0.2) is 8.42 Å². The van der Waals surface area contributed by atoms with Crippen LogP contribution in [0.15, 0.2) is 54.6 Å². The van der Waals surface area contributed by atoms with E-state index in [9.17, 15) is 13.2 Å². The quantitative estimate of drug-likeness (QED) is 0.612. The van der Waals surface area contributed by atoms with Gasteiger partial charge in [0, 0.05) is 0 Å². The van der Waals surface area contributed by atoms with E-state index in [0.717, 1.165) is 24.0 Å². The van der Waals surface area contributed by atoms with Crippen molar-refractivity contribution < 1.29 is 17.9 Å². The number of nitrogens with zero attached hydrogens (tertiary/aromatic N) is 1. The molecule has 164 valence electrons. The van der Waals surface area contributed by atoms with E-state index < -0.39 is 16.1 Å². The van der Waals surface area contributed by atoms with Gasteiger partial charge < -0.3 is 10.1 Å². The van der Waals surface area contributed by atoms with Crippen LogP contribution in [-0.2, 0) is 14.8 Å². The number of hydrogen-bond acceptors (Lipinski definition) is 4. The molecule has 0 heterocycles. The summed E-state index contributed by atoms with van der Waals surface area (Å²) in [6.45, 7) is 6.00. The fourth-order valence-electron chi connectivity index (χ4n) is 3.49. The summed E-state index contributed by atoms with van der Waals surface area (Å²) in [7, 11) is -2.04. The average Bonchev–Trinajstić information content (AvgIpc) is 2.70. The van der Waals surface area contributed by atoms with Gasteiger partial charge in [0.2, 0.25) is 15.9 Å². The number of sulfonamides is 1. The molecule has 0 saturated heterocycles. The first-order valence-electron chi connectivity index (χ1n) is 10.2. The first-order valence-corrected chi connectivity index (χ1v) is 12.0. The normalized spacial score (nSPS) is 13.5. The van der Waals surface area contributed by atoms with Crippen molar-refractivity contribution in [3.63, 3.8) is 0 Å². The molecule has 0 saturated carbocycles. The largest absolute Gasteiger partial charge is 0.497 e. The molecule has 2 atom stereocenters. The molecule has 0 bridgehead atoms. The summed E-state index contributed by atoms with van der Waals surface area (Å²) in [6.07, 6.45) is 2.22. The van der Waals surface area contributed by atoms with E-state index in [0.29, 0.717) is 18.0 Å². The Bertz CT molecular complexity index is 912. The number of benzene rings is 2. The molecule has 0 fully saturated rings. The van der Waals surface area contributed by atoms with Gasteiger partial charge in [-0.05, 0) is 48.6 Å². The van der Waals surface area contributed by atoms with Crippen molar-refractivity contribution >= 4 is 21.6 Å². The van der Waals surface area contributed by atoms with Crippen LogP contribution in [0.2, 0.25) is 0 Å². The highest BCUT2D eigenvalue weighted by Crippen LogP contribution is 2.26. The van der Waals surface area contributed by atoms with Crippen molar-refractivity contribution in [2.75, 3.05) is 17.7 Å². The van der Waals surface area contributed by atoms with Crippen molar-refractivity contribution in [1.29, 1.82) is 0 Å². The smallest absolute Gasteiger partial charge is 0.244 e. The minimum absolute atomic E-state index is 0.227. The molecule has 0 aliphatic heterocycles. The van der Waals surface area contributed by atoms with Gasteiger partial charge in [0.15, 0.2) is 0 Å². The van der Waals surface area contributed by atoms with Crippen molar-refractivity contribution in [3.8, 4) is 5.75 Å². The Morgan fingerprint density at radius 1 is 1.07 bits per heavy atom. The van der Waals surface area contributed by atoms with Gasteiger partial charge in [-0.3, -0.25) is 9.10 Å². The first-order chi connectivity index (χ1) is 14.2. The van der Waals surface area contributed by atoms with Crippen LogP contribution in [0, 0.1) is 5.92 Å². The van der Waals surface area contributed by atoms with Crippen LogP contribution >= 0.6 is 0 Å². The van der Waals surface area contributed by atoms with Gasteiger partial charge in [-0.2, -0.15) is 0 Å². The van der Waals surface area contributed by atoms with Gasteiger partial charge in [-0.1, -0.05) is 51.1 Å².